The van der Waals surface area contributed by atoms with E-state index in [1.807, 2.05) is 42.5 Å². The first kappa shape index (κ1) is 19.2. The van der Waals surface area contributed by atoms with Crippen molar-refractivity contribution in [3.63, 3.8) is 0 Å². The molecule has 1 aromatic carbocycles. The first-order valence-electron chi connectivity index (χ1n) is 10.3. The van der Waals surface area contributed by atoms with Crippen LogP contribution in [0.2, 0.25) is 0 Å². The number of nitrogens with zero attached hydrogens (tertiary/aromatic N) is 4. The minimum Gasteiger partial charge on any atom is -0.467 e. The van der Waals surface area contributed by atoms with E-state index in [1.54, 1.807) is 15.7 Å². The number of aromatic nitrogens is 3. The molecule has 2 aromatic heterocycles. The van der Waals surface area contributed by atoms with E-state index in [1.165, 1.54) is 4.68 Å². The lowest BCUT2D eigenvalue weighted by atomic mass is 10.1. The van der Waals surface area contributed by atoms with Gasteiger partial charge in [0.25, 0.3) is 0 Å². The number of unbranched alkanes of at least 4 members (excludes halogenated alkanes) is 1. The van der Waals surface area contributed by atoms with E-state index in [0.717, 1.165) is 37.1 Å². The first-order chi connectivity index (χ1) is 14.2. The van der Waals surface area contributed by atoms with E-state index >= 15 is 0 Å². The highest BCUT2D eigenvalue weighted by atomic mass is 16.3. The fraction of sp³-hybridized carbons (Fsp3) is 0.409. The SMILES string of the molecule is CCCCc1nn(CC(=O)N2CCC[C@@H]2c2ccco2)c(=O)n1-c1ccccc1. The Morgan fingerprint density at radius 1 is 1.21 bits per heavy atom. The second-order valence-electron chi connectivity index (χ2n) is 7.39. The van der Waals surface area contributed by atoms with Gasteiger partial charge in [0.05, 0.1) is 18.0 Å². The third kappa shape index (κ3) is 3.90. The van der Waals surface area contributed by atoms with Gasteiger partial charge in [-0.3, -0.25) is 4.79 Å². The van der Waals surface area contributed by atoms with Gasteiger partial charge in [0, 0.05) is 13.0 Å². The van der Waals surface area contributed by atoms with Crippen molar-refractivity contribution in [2.75, 3.05) is 6.54 Å². The van der Waals surface area contributed by atoms with E-state index in [-0.39, 0.29) is 24.2 Å². The van der Waals surface area contributed by atoms with Crippen LogP contribution in [-0.4, -0.2) is 31.7 Å². The zero-order valence-electron chi connectivity index (χ0n) is 16.7. The van der Waals surface area contributed by atoms with Gasteiger partial charge in [0.1, 0.15) is 18.1 Å². The number of amides is 1. The molecule has 0 unspecified atom stereocenters. The Morgan fingerprint density at radius 3 is 2.76 bits per heavy atom. The fourth-order valence-electron chi connectivity index (χ4n) is 3.95. The van der Waals surface area contributed by atoms with Crippen molar-refractivity contribution in [2.24, 2.45) is 0 Å². The van der Waals surface area contributed by atoms with Gasteiger partial charge in [-0.25, -0.2) is 14.0 Å². The number of furan rings is 1. The zero-order chi connectivity index (χ0) is 20.2. The molecule has 3 aromatic rings. The van der Waals surface area contributed by atoms with Crippen molar-refractivity contribution in [3.05, 3.63) is 70.8 Å². The van der Waals surface area contributed by atoms with Gasteiger partial charge in [0.2, 0.25) is 5.91 Å². The average Bonchev–Trinajstić information content (AvgIpc) is 3.48. The van der Waals surface area contributed by atoms with Crippen LogP contribution >= 0.6 is 0 Å². The molecule has 1 aliphatic heterocycles. The summed E-state index contributed by atoms with van der Waals surface area (Å²) in [6.45, 7) is 2.71. The van der Waals surface area contributed by atoms with Gasteiger partial charge in [-0.1, -0.05) is 31.5 Å². The number of rotatable bonds is 7. The minimum atomic E-state index is -0.274. The molecule has 4 rings (SSSR count). The number of para-hydroxylation sites is 1. The van der Waals surface area contributed by atoms with E-state index in [9.17, 15) is 9.59 Å². The van der Waals surface area contributed by atoms with Gasteiger partial charge in [-0.05, 0) is 43.5 Å². The normalized spacial score (nSPS) is 16.4. The van der Waals surface area contributed by atoms with E-state index in [2.05, 4.69) is 12.0 Å². The maximum atomic E-state index is 13.1. The molecule has 152 valence electrons. The molecule has 0 saturated carbocycles. The van der Waals surface area contributed by atoms with Crippen LogP contribution in [0.4, 0.5) is 0 Å². The van der Waals surface area contributed by atoms with Gasteiger partial charge in [-0.15, -0.1) is 0 Å². The van der Waals surface area contributed by atoms with Crippen LogP contribution in [0.15, 0.2) is 57.9 Å². The molecule has 1 amide bonds. The summed E-state index contributed by atoms with van der Waals surface area (Å²) in [6, 6.07) is 13.1. The minimum absolute atomic E-state index is 0.0605. The van der Waals surface area contributed by atoms with E-state index in [4.69, 9.17) is 4.42 Å². The van der Waals surface area contributed by atoms with Crippen molar-refractivity contribution in [2.45, 2.75) is 51.6 Å². The standard InChI is InChI=1S/C22H26N4O3/c1-2-3-13-20-23-25(22(28)26(20)17-9-5-4-6-10-17)16-21(27)24-14-7-11-18(24)19-12-8-15-29-19/h4-6,8-10,12,15,18H,2-3,7,11,13-14,16H2,1H3/t18-/m1/s1. The molecular formula is C22H26N4O3. The van der Waals surface area contributed by atoms with E-state index < -0.39 is 0 Å². The van der Waals surface area contributed by atoms with Crippen molar-refractivity contribution in [1.29, 1.82) is 0 Å². The van der Waals surface area contributed by atoms with Gasteiger partial charge in [0.15, 0.2) is 0 Å². The molecular weight excluding hydrogens is 368 g/mol. The predicted molar refractivity (Wildman–Crippen MR) is 109 cm³/mol. The summed E-state index contributed by atoms with van der Waals surface area (Å²) in [7, 11) is 0. The highest BCUT2D eigenvalue weighted by Gasteiger charge is 2.32. The molecule has 1 atom stereocenters. The van der Waals surface area contributed by atoms with Crippen molar-refractivity contribution in [1.82, 2.24) is 19.2 Å². The fourth-order valence-corrected chi connectivity index (χ4v) is 3.95. The van der Waals surface area contributed by atoms with Crippen LogP contribution in [0, 0.1) is 0 Å². The Hall–Kier alpha value is -3.09. The highest BCUT2D eigenvalue weighted by molar-refractivity contribution is 5.76. The number of hydrogen-bond donors (Lipinski definition) is 0. The summed E-state index contributed by atoms with van der Waals surface area (Å²) >= 11 is 0. The number of benzene rings is 1. The zero-order valence-corrected chi connectivity index (χ0v) is 16.7. The number of aryl methyl sites for hydroxylation is 1. The molecule has 3 heterocycles. The largest absolute Gasteiger partial charge is 0.467 e. The molecule has 0 radical (unpaired) electrons. The molecule has 29 heavy (non-hydrogen) atoms. The van der Waals surface area contributed by atoms with Crippen LogP contribution in [0.1, 0.15) is 50.2 Å². The Morgan fingerprint density at radius 2 is 2.03 bits per heavy atom. The highest BCUT2D eigenvalue weighted by Crippen LogP contribution is 2.32. The second kappa shape index (κ2) is 8.51. The Bertz CT molecular complexity index is 1000. The molecule has 7 heteroatoms. The molecule has 7 nitrogen and oxygen atoms in total. The van der Waals surface area contributed by atoms with Crippen LogP contribution in [0.3, 0.4) is 0 Å². The summed E-state index contributed by atoms with van der Waals surface area (Å²) in [5.74, 6) is 1.38. The Kier molecular flexibility index (Phi) is 5.64. The number of carbonyl (C=O) groups excluding carboxylic acids is 1. The summed E-state index contributed by atoms with van der Waals surface area (Å²) in [4.78, 5) is 27.9. The van der Waals surface area contributed by atoms with E-state index in [0.29, 0.717) is 18.8 Å². The third-order valence-electron chi connectivity index (χ3n) is 5.40. The number of likely N-dealkylation sites (tertiary alicyclic amines) is 1. The topological polar surface area (TPSA) is 73.3 Å². The summed E-state index contributed by atoms with van der Waals surface area (Å²) < 4.78 is 8.44. The monoisotopic (exact) mass is 394 g/mol. The molecule has 0 bridgehead atoms. The third-order valence-corrected chi connectivity index (χ3v) is 5.40. The summed E-state index contributed by atoms with van der Waals surface area (Å²) in [5.41, 5.74) is 0.501. The van der Waals surface area contributed by atoms with Crippen LogP contribution in [-0.2, 0) is 17.8 Å². The number of hydrogen-bond acceptors (Lipinski definition) is 4. The predicted octanol–water partition coefficient (Wildman–Crippen LogP) is 3.33. The lowest BCUT2D eigenvalue weighted by molar-refractivity contribution is -0.133. The molecule has 0 aliphatic carbocycles. The molecule has 1 aliphatic rings. The van der Waals surface area contributed by atoms with Crippen LogP contribution in [0.25, 0.3) is 5.69 Å². The van der Waals surface area contributed by atoms with Crippen molar-refractivity contribution in [3.8, 4) is 5.69 Å². The molecule has 0 N–H and O–H groups in total. The molecule has 1 saturated heterocycles. The average molecular weight is 394 g/mol. The molecule has 1 fully saturated rings. The van der Waals surface area contributed by atoms with Gasteiger partial charge >= 0.3 is 5.69 Å². The van der Waals surface area contributed by atoms with Crippen LogP contribution in [0.5, 0.6) is 0 Å². The van der Waals surface area contributed by atoms with Crippen molar-refractivity contribution < 1.29 is 9.21 Å². The van der Waals surface area contributed by atoms with Crippen molar-refractivity contribution >= 4 is 5.91 Å². The van der Waals surface area contributed by atoms with Gasteiger partial charge < -0.3 is 9.32 Å². The Labute approximate surface area is 169 Å². The Balaban J connectivity index is 1.61. The van der Waals surface area contributed by atoms with Gasteiger partial charge in [-0.2, -0.15) is 5.10 Å². The number of carbonyl (C=O) groups is 1. The lowest BCUT2D eigenvalue weighted by Gasteiger charge is -2.22. The second-order valence-corrected chi connectivity index (χ2v) is 7.39. The maximum absolute atomic E-state index is 13.1. The lowest BCUT2D eigenvalue weighted by Crippen LogP contribution is -2.36. The van der Waals surface area contributed by atoms with Crippen LogP contribution < -0.4 is 5.69 Å². The smallest absolute Gasteiger partial charge is 0.351 e. The quantitative estimate of drug-likeness (QED) is 0.616. The maximum Gasteiger partial charge on any atom is 0.351 e. The summed E-state index contributed by atoms with van der Waals surface area (Å²) in [5, 5.41) is 4.52. The summed E-state index contributed by atoms with van der Waals surface area (Å²) in [6.07, 6.45) is 6.06. The molecule has 0 spiro atoms. The first-order valence-corrected chi connectivity index (χ1v) is 10.3.